The van der Waals surface area contributed by atoms with E-state index in [-0.39, 0.29) is 0 Å². The Morgan fingerprint density at radius 3 is 1.67 bits per heavy atom. The second-order valence-electron chi connectivity index (χ2n) is 15.8. The Morgan fingerprint density at radius 1 is 0.333 bits per heavy atom. The molecule has 0 bridgehead atoms. The number of benzene rings is 10. The molecular formula is C56H34N4. The van der Waals surface area contributed by atoms with Gasteiger partial charge in [-0.1, -0.05) is 133 Å². The average Bonchev–Trinajstić information content (AvgIpc) is 3.81. The first kappa shape index (κ1) is 32.9. The maximum Gasteiger partial charge on any atom is 0.160 e. The highest BCUT2D eigenvalue weighted by molar-refractivity contribution is 6.20. The summed E-state index contributed by atoms with van der Waals surface area (Å²) in [6, 6.07) is 74.5. The maximum atomic E-state index is 5.31. The first-order valence-corrected chi connectivity index (χ1v) is 20.5. The Morgan fingerprint density at radius 2 is 0.900 bits per heavy atom. The van der Waals surface area contributed by atoms with Crippen molar-refractivity contribution < 1.29 is 0 Å². The third kappa shape index (κ3) is 4.85. The lowest BCUT2D eigenvalue weighted by Gasteiger charge is -2.13. The van der Waals surface area contributed by atoms with Gasteiger partial charge in [0.1, 0.15) is 0 Å². The lowest BCUT2D eigenvalue weighted by molar-refractivity contribution is 1.17. The van der Waals surface area contributed by atoms with Gasteiger partial charge in [0.15, 0.2) is 5.82 Å². The molecule has 0 amide bonds. The van der Waals surface area contributed by atoms with E-state index >= 15 is 0 Å². The smallest absolute Gasteiger partial charge is 0.160 e. The molecule has 0 saturated carbocycles. The number of nitrogens with zero attached hydrogens (tertiary/aromatic N) is 4. The summed E-state index contributed by atoms with van der Waals surface area (Å²) >= 11 is 0. The number of hydrogen-bond acceptors (Lipinski definition) is 2. The van der Waals surface area contributed by atoms with Crippen LogP contribution in [0.3, 0.4) is 0 Å². The highest BCUT2D eigenvalue weighted by Crippen LogP contribution is 2.42. The second kappa shape index (κ2) is 12.7. The number of rotatable bonds is 4. The van der Waals surface area contributed by atoms with Gasteiger partial charge < -0.3 is 9.13 Å². The van der Waals surface area contributed by atoms with Crippen molar-refractivity contribution in [1.82, 2.24) is 19.1 Å². The Balaban J connectivity index is 1.04. The minimum Gasteiger partial charge on any atom is -0.309 e. The Hall–Kier alpha value is -8.08. The van der Waals surface area contributed by atoms with E-state index in [1.165, 1.54) is 64.9 Å². The monoisotopic (exact) mass is 762 g/mol. The molecule has 0 radical (unpaired) electrons. The van der Waals surface area contributed by atoms with E-state index in [1.54, 1.807) is 0 Å². The zero-order valence-electron chi connectivity index (χ0n) is 32.4. The zero-order valence-corrected chi connectivity index (χ0v) is 32.4. The second-order valence-corrected chi connectivity index (χ2v) is 15.8. The van der Waals surface area contributed by atoms with E-state index < -0.39 is 0 Å². The molecule has 4 nitrogen and oxygen atoms in total. The van der Waals surface area contributed by atoms with Gasteiger partial charge in [0, 0.05) is 43.7 Å². The lowest BCUT2D eigenvalue weighted by Crippen LogP contribution is -1.98. The van der Waals surface area contributed by atoms with E-state index in [1.807, 2.05) is 0 Å². The summed E-state index contributed by atoms with van der Waals surface area (Å²) in [6.45, 7) is 0. The van der Waals surface area contributed by atoms with E-state index in [4.69, 9.17) is 9.97 Å². The fourth-order valence-electron chi connectivity index (χ4n) is 9.72. The summed E-state index contributed by atoms with van der Waals surface area (Å²) in [5.74, 6) is 0.706. The normalized spacial score (nSPS) is 12.0. The van der Waals surface area contributed by atoms with Crippen molar-refractivity contribution in [1.29, 1.82) is 0 Å². The molecule has 0 unspecified atom stereocenters. The fourth-order valence-corrected chi connectivity index (χ4v) is 9.72. The molecule has 0 spiro atoms. The summed E-state index contributed by atoms with van der Waals surface area (Å²) in [4.78, 5) is 10.4. The van der Waals surface area contributed by atoms with Crippen molar-refractivity contribution in [3.8, 4) is 34.0 Å². The van der Waals surface area contributed by atoms with Crippen LogP contribution in [0.2, 0.25) is 0 Å². The molecule has 0 N–H and O–H groups in total. The van der Waals surface area contributed by atoms with Gasteiger partial charge in [0.2, 0.25) is 0 Å². The molecule has 0 fully saturated rings. The standard InChI is InChI=1S/C56H34N4/c1-3-16-39-33-52-46(31-37(39)14-1)43-20-8-10-24-49(43)60(52)51-26-12-25-50-54(51)47-32-38-15-2-4-17-40(38)34-53(47)59(50)41-29-27-36(28-30-41)56-57-48-23-9-7-21-45(48)55(58-56)44-22-11-18-35-13-5-6-19-42(35)44/h1-34H. The average molecular weight is 763 g/mol. The quantitative estimate of drug-likeness (QED) is 0.179. The highest BCUT2D eigenvalue weighted by atomic mass is 15.0. The van der Waals surface area contributed by atoms with Gasteiger partial charge >= 0.3 is 0 Å². The van der Waals surface area contributed by atoms with Crippen molar-refractivity contribution in [2.45, 2.75) is 0 Å². The lowest BCUT2D eigenvalue weighted by atomic mass is 9.99. The summed E-state index contributed by atoms with van der Waals surface area (Å²) in [5, 5.41) is 13.3. The Kier molecular flexibility index (Phi) is 6.98. The van der Waals surface area contributed by atoms with Crippen LogP contribution in [0.15, 0.2) is 206 Å². The molecule has 0 aliphatic carbocycles. The van der Waals surface area contributed by atoms with Crippen LogP contribution in [0.1, 0.15) is 0 Å². The van der Waals surface area contributed by atoms with Gasteiger partial charge in [-0.25, -0.2) is 9.97 Å². The van der Waals surface area contributed by atoms with E-state index in [0.29, 0.717) is 5.82 Å². The molecule has 4 heteroatoms. The van der Waals surface area contributed by atoms with Gasteiger partial charge in [0.05, 0.1) is 39.0 Å². The molecule has 3 heterocycles. The number of para-hydroxylation sites is 2. The van der Waals surface area contributed by atoms with Crippen LogP contribution in [-0.4, -0.2) is 19.1 Å². The van der Waals surface area contributed by atoms with Gasteiger partial charge in [0.25, 0.3) is 0 Å². The molecule has 3 aromatic heterocycles. The molecule has 10 aromatic carbocycles. The van der Waals surface area contributed by atoms with Crippen LogP contribution >= 0.6 is 0 Å². The van der Waals surface area contributed by atoms with Crippen LogP contribution in [0.4, 0.5) is 0 Å². The van der Waals surface area contributed by atoms with Gasteiger partial charge in [-0.15, -0.1) is 0 Å². The first-order valence-electron chi connectivity index (χ1n) is 20.5. The first-order chi connectivity index (χ1) is 29.7. The molecule has 0 saturated heterocycles. The maximum absolute atomic E-state index is 5.31. The van der Waals surface area contributed by atoms with Crippen LogP contribution in [0.25, 0.3) is 121 Å². The third-order valence-corrected chi connectivity index (χ3v) is 12.4. The highest BCUT2D eigenvalue weighted by Gasteiger charge is 2.21. The topological polar surface area (TPSA) is 35.6 Å². The van der Waals surface area contributed by atoms with Crippen molar-refractivity contribution >= 4 is 86.8 Å². The van der Waals surface area contributed by atoms with E-state index in [0.717, 1.165) is 50.1 Å². The third-order valence-electron chi connectivity index (χ3n) is 12.4. The van der Waals surface area contributed by atoms with Crippen molar-refractivity contribution in [2.24, 2.45) is 0 Å². The predicted octanol–water partition coefficient (Wildman–Crippen LogP) is 14.6. The molecule has 0 aliphatic heterocycles. The predicted molar refractivity (Wildman–Crippen MR) is 252 cm³/mol. The minimum absolute atomic E-state index is 0.706. The van der Waals surface area contributed by atoms with Gasteiger partial charge in [-0.05, 0) is 105 Å². The van der Waals surface area contributed by atoms with Crippen LogP contribution in [0.5, 0.6) is 0 Å². The molecule has 13 rings (SSSR count). The molecule has 0 atom stereocenters. The van der Waals surface area contributed by atoms with Crippen molar-refractivity contribution in [3.63, 3.8) is 0 Å². The van der Waals surface area contributed by atoms with E-state index in [9.17, 15) is 0 Å². The van der Waals surface area contributed by atoms with Gasteiger partial charge in [-0.3, -0.25) is 0 Å². The molecule has 13 aromatic rings. The van der Waals surface area contributed by atoms with Crippen LogP contribution in [0, 0.1) is 0 Å². The van der Waals surface area contributed by atoms with Crippen LogP contribution in [-0.2, 0) is 0 Å². The molecule has 60 heavy (non-hydrogen) atoms. The zero-order chi connectivity index (χ0) is 39.3. The van der Waals surface area contributed by atoms with E-state index in [2.05, 4.69) is 215 Å². The van der Waals surface area contributed by atoms with Crippen molar-refractivity contribution in [3.05, 3.63) is 206 Å². The Labute approximate surface area is 344 Å². The number of hydrogen-bond donors (Lipinski definition) is 0. The number of aromatic nitrogens is 4. The summed E-state index contributed by atoms with van der Waals surface area (Å²) in [7, 11) is 0. The molecule has 0 aliphatic rings. The summed E-state index contributed by atoms with van der Waals surface area (Å²) < 4.78 is 4.91. The molecule has 278 valence electrons. The van der Waals surface area contributed by atoms with Crippen LogP contribution < -0.4 is 0 Å². The van der Waals surface area contributed by atoms with Gasteiger partial charge in [-0.2, -0.15) is 0 Å². The number of fused-ring (bicyclic) bond motifs is 10. The Bertz CT molecular complexity index is 3880. The summed E-state index contributed by atoms with van der Waals surface area (Å²) in [5.41, 5.74) is 10.9. The van der Waals surface area contributed by atoms with Crippen molar-refractivity contribution in [2.75, 3.05) is 0 Å². The largest absolute Gasteiger partial charge is 0.309 e. The SMILES string of the molecule is c1ccc2cc3c(cc2c1)c1ccccc1n3-c1cccc2c1c1cc3ccccc3cc1n2-c1ccc(-c2nc(-c3cccc4ccccc34)c3ccccc3n2)cc1. The minimum atomic E-state index is 0.706. The summed E-state index contributed by atoms with van der Waals surface area (Å²) in [6.07, 6.45) is 0. The molecular weight excluding hydrogens is 729 g/mol. The fraction of sp³-hybridized carbons (Fsp3) is 0.